The van der Waals surface area contributed by atoms with E-state index in [0.717, 1.165) is 128 Å². The van der Waals surface area contributed by atoms with Crippen LogP contribution in [0.1, 0.15) is 148 Å². The van der Waals surface area contributed by atoms with Crippen LogP contribution in [-0.4, -0.2) is 107 Å². The molecule has 0 amide bonds. The van der Waals surface area contributed by atoms with Crippen LogP contribution in [0.5, 0.6) is 0 Å². The molecule has 4 saturated carbocycles. The average Bonchev–Trinajstić information content (AvgIpc) is 1.56. The molecule has 129 heavy (non-hydrogen) atoms. The van der Waals surface area contributed by atoms with Crippen molar-refractivity contribution in [3.63, 3.8) is 0 Å². The summed E-state index contributed by atoms with van der Waals surface area (Å²) in [5, 5.41) is 13.0. The van der Waals surface area contributed by atoms with Crippen molar-refractivity contribution >= 4 is 169 Å². The third-order valence-electron chi connectivity index (χ3n) is 22.4. The number of aliphatic hydroxyl groups excluding tert-OH is 1. The second kappa shape index (κ2) is 45.9. The summed E-state index contributed by atoms with van der Waals surface area (Å²) in [6, 6.07) is 50.7. The van der Waals surface area contributed by atoms with Gasteiger partial charge in [0.15, 0.2) is 44.7 Å². The van der Waals surface area contributed by atoms with Crippen LogP contribution in [0.4, 0.5) is 0 Å². The molecule has 8 heterocycles. The Hall–Kier alpha value is -8.22. The summed E-state index contributed by atoms with van der Waals surface area (Å²) in [5.41, 5.74) is 3.45. The molecule has 7 aromatic carbocycles. The summed E-state index contributed by atoms with van der Waals surface area (Å²) in [4.78, 5) is 127. The predicted molar refractivity (Wildman–Crippen MR) is 520 cm³/mol. The molecule has 15 aromatic rings. The maximum absolute atomic E-state index is 13.7. The van der Waals surface area contributed by atoms with Gasteiger partial charge in [0.2, 0.25) is 0 Å². The van der Waals surface area contributed by atoms with Crippen LogP contribution in [0, 0.1) is 0 Å². The van der Waals surface area contributed by atoms with Gasteiger partial charge in [-0.25, -0.2) is 52.1 Å². The van der Waals surface area contributed by atoms with Gasteiger partial charge in [0, 0.05) is 97.9 Å². The Morgan fingerprint density at radius 1 is 0.388 bits per heavy atom. The Labute approximate surface area is 811 Å². The van der Waals surface area contributed by atoms with Crippen LogP contribution in [-0.2, 0) is 13.6 Å². The van der Waals surface area contributed by atoms with E-state index in [0.29, 0.717) is 97.8 Å². The molecule has 0 aliphatic heterocycles. The van der Waals surface area contributed by atoms with Crippen molar-refractivity contribution in [3.05, 3.63) is 305 Å². The van der Waals surface area contributed by atoms with Gasteiger partial charge >= 0.3 is 52.3 Å². The van der Waals surface area contributed by atoms with Gasteiger partial charge in [0.1, 0.15) is 51.2 Å². The number of nitrogens with zero attached hydrogens (tertiary/aromatic N) is 14. The Morgan fingerprint density at radius 3 is 1.16 bits per heavy atom. The summed E-state index contributed by atoms with van der Waals surface area (Å²) in [6.07, 6.45) is 24.1. The number of H-pyrrole nitrogens is 2. The molecule has 4 fully saturated rings. The molecule has 8 aromatic heterocycles. The molecular formula is C89H90BrCl7N16NaO12P3. The van der Waals surface area contributed by atoms with Crippen LogP contribution in [0.2, 0.25) is 35.2 Å². The largest absolute Gasteiger partial charge is 1.00 e. The van der Waals surface area contributed by atoms with Crippen molar-refractivity contribution in [2.75, 3.05) is 21.3 Å². The molecule has 3 atom stereocenters. The summed E-state index contributed by atoms with van der Waals surface area (Å²) in [7, 11) is 3.19. The number of aromatic nitrogens is 16. The minimum Gasteiger partial charge on any atom is -1.00 e. The minimum absolute atomic E-state index is 0. The van der Waals surface area contributed by atoms with E-state index in [4.69, 9.17) is 110 Å². The van der Waals surface area contributed by atoms with E-state index in [-0.39, 0.29) is 90.0 Å². The summed E-state index contributed by atoms with van der Waals surface area (Å²) < 4.78 is 31.5. The third-order valence-corrected chi connectivity index (χ3v) is 27.6. The fourth-order valence-corrected chi connectivity index (χ4v) is 19.3. The van der Waals surface area contributed by atoms with Crippen molar-refractivity contribution in [3.8, 4) is 45.5 Å². The summed E-state index contributed by atoms with van der Waals surface area (Å²) in [5.74, 6) is 0.992. The van der Waals surface area contributed by atoms with Crippen molar-refractivity contribution in [2.45, 2.75) is 153 Å². The summed E-state index contributed by atoms with van der Waals surface area (Å²) in [6.45, 7) is 0. The SMILES string of the molecule is COPn1c(=O)[nH]c2ncn(-c3ccc(Cl)cc3)c2c1=O.COPn1c(=O)c2c(nc(-c3ccccc3Cl)n2-c2ccc(Cl)cc2)n(C2CCCCC2)c1=O.COPn1c(=O)c2c(ncn2-c2ccc(Cl)cc2)n(C2CCCCC2)c1=O.Clc1ccccc1Br.O=c1[nH]c(=O)n(C2CCCCC2)c2nc(-c3ccccc3Cl)n(-c3ccc(Cl)cc3)c12.OC1CCCCC1.[H-].[Na+]. The number of aliphatic hydroxyl groups is 1. The molecule has 4 aliphatic rings. The van der Waals surface area contributed by atoms with Crippen LogP contribution in [0.25, 0.3) is 90.2 Å². The molecule has 0 spiro atoms. The number of benzene rings is 7. The number of aromatic amines is 2. The first kappa shape index (κ1) is 98.3. The molecule has 40 heteroatoms. The molecule has 0 saturated heterocycles. The Kier molecular flexibility index (Phi) is 35.0. The smallest absolute Gasteiger partial charge is 1.00 e. The Balaban J connectivity index is 0.000000149. The third kappa shape index (κ3) is 22.5. The number of nitrogens with one attached hydrogen (secondary N) is 2. The van der Waals surface area contributed by atoms with E-state index < -0.39 is 48.3 Å². The molecule has 19 rings (SSSR count). The van der Waals surface area contributed by atoms with Crippen molar-refractivity contribution in [1.29, 1.82) is 0 Å². The maximum Gasteiger partial charge on any atom is 1.00 e. The zero-order chi connectivity index (χ0) is 90.4. The number of fused-ring (bicyclic) bond motifs is 4. The number of hydrogen-bond donors (Lipinski definition) is 3. The number of rotatable bonds is 15. The Morgan fingerprint density at radius 2 is 0.744 bits per heavy atom. The monoisotopic (exact) mass is 2010 g/mol. The fourth-order valence-electron chi connectivity index (χ4n) is 16.3. The molecule has 28 nitrogen and oxygen atoms in total. The zero-order valence-corrected chi connectivity index (χ0v) is 82.4. The van der Waals surface area contributed by atoms with Crippen LogP contribution >= 0.6 is 124 Å². The van der Waals surface area contributed by atoms with Gasteiger partial charge in [-0.15, -0.1) is 0 Å². The van der Waals surface area contributed by atoms with Gasteiger partial charge in [-0.3, -0.25) is 61.1 Å². The first-order valence-electron chi connectivity index (χ1n) is 41.5. The van der Waals surface area contributed by atoms with Gasteiger partial charge < -0.3 is 20.1 Å². The zero-order valence-electron chi connectivity index (χ0n) is 71.5. The number of hydrogen-bond acceptors (Lipinski definition) is 16. The topological polar surface area (TPSA) is 317 Å². The number of halogens is 8. The molecule has 4 aliphatic carbocycles. The number of imidazole rings is 4. The molecule has 0 radical (unpaired) electrons. The van der Waals surface area contributed by atoms with Crippen LogP contribution < -0.4 is 74.6 Å². The van der Waals surface area contributed by atoms with Gasteiger partial charge in [-0.1, -0.05) is 195 Å². The molecule has 3 N–H and O–H groups in total. The van der Waals surface area contributed by atoms with E-state index in [2.05, 4.69) is 35.9 Å². The second-order valence-electron chi connectivity index (χ2n) is 30.6. The van der Waals surface area contributed by atoms with E-state index in [1.54, 1.807) is 111 Å². The van der Waals surface area contributed by atoms with Gasteiger partial charge in [-0.05, 0) is 201 Å². The molecule has 0 bridgehead atoms. The van der Waals surface area contributed by atoms with Crippen LogP contribution in [0.3, 0.4) is 0 Å². The van der Waals surface area contributed by atoms with Crippen LogP contribution in [0.15, 0.2) is 225 Å². The van der Waals surface area contributed by atoms with E-state index >= 15 is 0 Å². The predicted octanol–water partition coefficient (Wildman–Crippen LogP) is 17.8. The van der Waals surface area contributed by atoms with E-state index in [1.807, 2.05) is 97.1 Å². The standard InChI is InChI=1S/C24H23Cl2N4O3P.C23H20Cl2N4O2.C18H20ClN4O3P.C12H10ClN4O3P.C6H4BrCl.C6H12O.Na.H/c1-33-34-30-23(31)20-22(29(24(30)32)16-7-3-2-4-8-16)27-21(18-9-5-6-10-19(18)26)28(20)17-13-11-15(25)12-14-17;24-14-10-12-16(13-11-14)28-19-21(26-20(28)17-8-4-5-9-18(17)25)29(23(31)27-22(19)30)15-6-2-1-3-7-15;1-26-27-23-17(24)15-16(22(18(23)25)14-5-3-2-4-6-14)20-11-21(15)13-9-7-12(19)8-10-13;1-20-21-17-11(18)9-10(15-12(17)19)14-6-16(9)8-4-2-7(13)3-5-8;7-5-3-1-2-4-6(5)8;7-6-4-2-1-3-5-6;;/h5-6,9-14,16,34H,2-4,7-8H2,1H3;4-5,8-13,15H,1-3,6-7H2,(H,27,30,31);7-11,14,27H,2-6H2,1H3;2-6,21H,1H3,(H,15,19);1-4H;6-7H,1-5H2;;/q;;;;;;+1;-1. The van der Waals surface area contributed by atoms with E-state index in [9.17, 15) is 38.4 Å². The first-order valence-corrected chi connectivity index (χ1v) is 47.5. The van der Waals surface area contributed by atoms with E-state index in [1.165, 1.54) is 62.0 Å². The minimum atomic E-state index is -0.547. The van der Waals surface area contributed by atoms with Gasteiger partial charge in [0.05, 0.1) is 21.2 Å². The Bertz CT molecular complexity index is 6970. The van der Waals surface area contributed by atoms with Gasteiger partial charge in [0.25, 0.3) is 22.2 Å². The van der Waals surface area contributed by atoms with Crippen molar-refractivity contribution < 1.29 is 49.7 Å². The molecule has 3 unspecified atom stereocenters. The second-order valence-corrected chi connectivity index (χ2v) is 37.5. The molecule has 670 valence electrons. The fraction of sp³-hybridized carbons (Fsp3) is 0.303. The normalized spacial score (nSPS) is 14.7. The molecular weight excluding hydrogens is 1930 g/mol. The average molecular weight is 2020 g/mol. The summed E-state index contributed by atoms with van der Waals surface area (Å²) >= 11 is 46.1. The van der Waals surface area contributed by atoms with Crippen molar-refractivity contribution in [2.24, 2.45) is 0 Å². The first-order chi connectivity index (χ1) is 62.0. The quantitative estimate of drug-likeness (QED) is 0.0634. The van der Waals surface area contributed by atoms with Gasteiger partial charge in [-0.2, -0.15) is 0 Å². The van der Waals surface area contributed by atoms with Crippen molar-refractivity contribution in [1.82, 2.24) is 74.9 Å². The maximum atomic E-state index is 13.7.